The van der Waals surface area contributed by atoms with Crippen molar-refractivity contribution >= 4 is 21.8 Å². The average molecular weight is 748 g/mol. The number of hydrogen-bond donors (Lipinski definition) is 2. The summed E-state index contributed by atoms with van der Waals surface area (Å²) in [6, 6.07) is 32.0. The number of fused-ring (bicyclic) bond motifs is 1. The molecule has 0 bridgehead atoms. The Morgan fingerprint density at radius 3 is 2.39 bits per heavy atom. The Morgan fingerprint density at radius 2 is 1.70 bits per heavy atom. The highest BCUT2D eigenvalue weighted by Crippen LogP contribution is 2.36. The highest BCUT2D eigenvalue weighted by molar-refractivity contribution is 7.89. The number of rotatable bonds is 12. The van der Waals surface area contributed by atoms with E-state index in [1.54, 1.807) is 59.2 Å². The third-order valence-corrected chi connectivity index (χ3v) is 11.4. The number of imidazole rings is 1. The van der Waals surface area contributed by atoms with Gasteiger partial charge in [-0.1, -0.05) is 42.5 Å². The van der Waals surface area contributed by atoms with E-state index in [4.69, 9.17) is 13.9 Å². The van der Waals surface area contributed by atoms with Gasteiger partial charge < -0.3 is 33.8 Å². The summed E-state index contributed by atoms with van der Waals surface area (Å²) in [5.41, 5.74) is 5.22. The number of aliphatic hydroxyl groups is 1. The van der Waals surface area contributed by atoms with Crippen molar-refractivity contribution in [2.45, 2.75) is 43.6 Å². The molecule has 54 heavy (non-hydrogen) atoms. The molecule has 278 valence electrons. The first-order valence-corrected chi connectivity index (χ1v) is 18.9. The molecule has 1 aliphatic heterocycles. The largest absolute Gasteiger partial charge is 0.497 e. The van der Waals surface area contributed by atoms with Crippen molar-refractivity contribution in [1.82, 2.24) is 19.2 Å². The molecule has 0 unspecified atom stereocenters. The van der Waals surface area contributed by atoms with Gasteiger partial charge in [0.25, 0.3) is 0 Å². The van der Waals surface area contributed by atoms with Crippen molar-refractivity contribution in [3.63, 3.8) is 0 Å². The normalized spacial score (nSPS) is 14.6. The van der Waals surface area contributed by atoms with E-state index in [9.17, 15) is 18.3 Å². The summed E-state index contributed by atoms with van der Waals surface area (Å²) in [5.74, 6) is 1.93. The molecule has 1 amide bonds. The number of aryl methyl sites for hydroxylation is 1. The molecule has 12 nitrogen and oxygen atoms in total. The van der Waals surface area contributed by atoms with Crippen LogP contribution in [-0.4, -0.2) is 53.2 Å². The number of nitrogens with zero attached hydrogens (tertiary/aromatic N) is 4. The number of aliphatic hydroxyl groups excluding tert-OH is 1. The quantitative estimate of drug-likeness (QED) is 0.148. The molecule has 7 rings (SSSR count). The fraction of sp³-hybridized carbons (Fsp3) is 0.220. The van der Waals surface area contributed by atoms with Crippen LogP contribution >= 0.6 is 0 Å². The van der Waals surface area contributed by atoms with Crippen LogP contribution in [0.2, 0.25) is 0 Å². The highest BCUT2D eigenvalue weighted by Gasteiger charge is 2.37. The molecule has 0 fully saturated rings. The minimum Gasteiger partial charge on any atom is -0.497 e. The lowest BCUT2D eigenvalue weighted by Crippen LogP contribution is -2.45. The number of furan rings is 1. The van der Waals surface area contributed by atoms with Gasteiger partial charge in [0.2, 0.25) is 10.0 Å². The Morgan fingerprint density at radius 1 is 0.944 bits per heavy atom. The lowest BCUT2D eigenvalue weighted by atomic mass is 10.1. The molecular weight excluding hydrogens is 707 g/mol. The zero-order valence-electron chi connectivity index (χ0n) is 30.0. The molecule has 0 saturated heterocycles. The van der Waals surface area contributed by atoms with Gasteiger partial charge in [0.05, 0.1) is 30.6 Å². The summed E-state index contributed by atoms with van der Waals surface area (Å²) >= 11 is 0. The molecule has 1 atom stereocenters. The predicted octanol–water partition coefficient (Wildman–Crippen LogP) is 6.29. The van der Waals surface area contributed by atoms with E-state index in [0.717, 1.165) is 33.6 Å². The van der Waals surface area contributed by atoms with Crippen molar-refractivity contribution < 1.29 is 32.2 Å². The number of ether oxygens (including phenoxy) is 2. The van der Waals surface area contributed by atoms with Crippen molar-refractivity contribution in [3.8, 4) is 22.8 Å². The summed E-state index contributed by atoms with van der Waals surface area (Å²) in [6.07, 6.45) is 3.36. The summed E-state index contributed by atoms with van der Waals surface area (Å²) in [7, 11) is -0.576. The highest BCUT2D eigenvalue weighted by atomic mass is 32.2. The molecule has 3 heterocycles. The van der Waals surface area contributed by atoms with Crippen LogP contribution in [0.25, 0.3) is 11.3 Å². The van der Waals surface area contributed by atoms with Crippen LogP contribution in [-0.2, 0) is 49.7 Å². The van der Waals surface area contributed by atoms with Crippen molar-refractivity contribution in [2.24, 2.45) is 7.05 Å². The van der Waals surface area contributed by atoms with Gasteiger partial charge in [-0.05, 0) is 89.8 Å². The second-order valence-corrected chi connectivity index (χ2v) is 15.0. The predicted molar refractivity (Wildman–Crippen MR) is 203 cm³/mol. The molecule has 6 aromatic rings. The van der Waals surface area contributed by atoms with Gasteiger partial charge in [0, 0.05) is 50.2 Å². The molecule has 0 radical (unpaired) electrons. The monoisotopic (exact) mass is 747 g/mol. The zero-order valence-corrected chi connectivity index (χ0v) is 30.8. The Kier molecular flexibility index (Phi) is 10.8. The molecule has 13 heteroatoms. The fourth-order valence-electron chi connectivity index (χ4n) is 6.62. The van der Waals surface area contributed by atoms with E-state index in [1.807, 2.05) is 78.5 Å². The van der Waals surface area contributed by atoms with Crippen molar-refractivity contribution in [3.05, 3.63) is 150 Å². The smallest absolute Gasteiger partial charge is 0.412 e. The molecule has 0 aliphatic carbocycles. The van der Waals surface area contributed by atoms with Crippen molar-refractivity contribution in [1.29, 1.82) is 0 Å². The Labute approximate surface area is 314 Å². The van der Waals surface area contributed by atoms with Gasteiger partial charge in [0.1, 0.15) is 29.6 Å². The zero-order chi connectivity index (χ0) is 37.7. The lowest BCUT2D eigenvalue weighted by molar-refractivity contribution is 0.200. The Hall–Kier alpha value is -5.89. The minimum atomic E-state index is -4.05. The summed E-state index contributed by atoms with van der Waals surface area (Å²) in [5, 5.41) is 12.4. The van der Waals surface area contributed by atoms with E-state index in [2.05, 4.69) is 15.2 Å². The maximum Gasteiger partial charge on any atom is 0.412 e. The number of nitrogens with one attached hydrogen (secondary N) is 1. The SMILES string of the molecule is COc1ccc(S(=O)(=O)N2Cc3cc(-c4ccc(CO)o4)ccc3N(Cc3cncn3C)C[C@H]2Cc2ccc(OC(=O)NCc3ccccc3)cc2)cc1. The number of aromatic nitrogens is 2. The molecule has 1 aliphatic rings. The van der Waals surface area contributed by atoms with Crippen LogP contribution in [0.15, 0.2) is 131 Å². The third kappa shape index (κ3) is 8.18. The standard InChI is InChI=1S/C41H41N5O7S/c1-44-28-42-23-34(44)26-45-25-33(20-29-8-11-36(12-9-29)53-41(48)43-22-30-6-4-3-5-7-30)46(54(49,50)38-16-13-35(51-2)14-17-38)24-32-21-31(10-18-39(32)45)40-19-15-37(27-47)52-40/h3-19,21,23,28,33,47H,20,22,24-27H2,1-2H3,(H,43,48)/t33-/m1/s1. The third-order valence-electron chi connectivity index (χ3n) is 9.51. The van der Waals surface area contributed by atoms with Gasteiger partial charge in [-0.3, -0.25) is 0 Å². The first-order chi connectivity index (χ1) is 26.2. The van der Waals surface area contributed by atoms with Gasteiger partial charge >= 0.3 is 6.09 Å². The van der Waals surface area contributed by atoms with E-state index < -0.39 is 22.2 Å². The second kappa shape index (κ2) is 16.0. The van der Waals surface area contributed by atoms with Crippen LogP contribution in [0.1, 0.15) is 28.1 Å². The summed E-state index contributed by atoms with van der Waals surface area (Å²) < 4.78 is 49.7. The van der Waals surface area contributed by atoms with E-state index in [0.29, 0.717) is 49.1 Å². The maximum atomic E-state index is 14.7. The number of benzene rings is 4. The number of carbonyl (C=O) groups excluding carboxylic acids is 1. The van der Waals surface area contributed by atoms with Crippen LogP contribution in [0, 0.1) is 0 Å². The van der Waals surface area contributed by atoms with Gasteiger partial charge in [-0.15, -0.1) is 0 Å². The first kappa shape index (κ1) is 36.5. The Bertz CT molecular complexity index is 2310. The van der Waals surface area contributed by atoms with Crippen LogP contribution in [0.3, 0.4) is 0 Å². The number of methoxy groups -OCH3 is 1. The van der Waals surface area contributed by atoms with Crippen LogP contribution < -0.4 is 19.7 Å². The Balaban J connectivity index is 1.22. The molecular formula is C41H41N5O7S. The number of hydrogen-bond acceptors (Lipinski definition) is 9. The average Bonchev–Trinajstić information content (AvgIpc) is 3.81. The molecule has 2 aromatic heterocycles. The van der Waals surface area contributed by atoms with Gasteiger partial charge in [-0.2, -0.15) is 4.31 Å². The van der Waals surface area contributed by atoms with E-state index in [-0.39, 0.29) is 18.0 Å². The molecule has 0 spiro atoms. The second-order valence-electron chi connectivity index (χ2n) is 13.1. The lowest BCUT2D eigenvalue weighted by Gasteiger charge is -2.32. The van der Waals surface area contributed by atoms with Gasteiger partial charge in [0.15, 0.2) is 0 Å². The van der Waals surface area contributed by atoms with Crippen LogP contribution in [0.5, 0.6) is 11.5 Å². The summed E-state index contributed by atoms with van der Waals surface area (Å²) in [6.45, 7) is 1.04. The molecule has 2 N–H and O–H groups in total. The number of anilines is 1. The molecule has 0 saturated carbocycles. The van der Waals surface area contributed by atoms with Crippen LogP contribution in [0.4, 0.5) is 10.5 Å². The first-order valence-electron chi connectivity index (χ1n) is 17.5. The topological polar surface area (TPSA) is 139 Å². The maximum absolute atomic E-state index is 14.7. The van der Waals surface area contributed by atoms with Crippen molar-refractivity contribution in [2.75, 3.05) is 18.6 Å². The number of sulfonamides is 1. The van der Waals surface area contributed by atoms with Gasteiger partial charge in [-0.25, -0.2) is 18.2 Å². The summed E-state index contributed by atoms with van der Waals surface area (Å²) in [4.78, 5) is 19.2. The molecule has 4 aromatic carbocycles. The number of amides is 1. The van der Waals surface area contributed by atoms with E-state index in [1.165, 1.54) is 7.11 Å². The van der Waals surface area contributed by atoms with E-state index >= 15 is 0 Å². The minimum absolute atomic E-state index is 0.0838. The fourth-order valence-corrected chi connectivity index (χ4v) is 8.22. The number of carbonyl (C=O) groups is 1.